The number of para-hydroxylation sites is 4. The summed E-state index contributed by atoms with van der Waals surface area (Å²) in [6.07, 6.45) is 0. The molecule has 0 atom stereocenters. The van der Waals surface area contributed by atoms with Crippen LogP contribution in [0.4, 0.5) is 0 Å². The van der Waals surface area contributed by atoms with Gasteiger partial charge in [0, 0.05) is 16.8 Å². The molecule has 5 aromatic carbocycles. The van der Waals surface area contributed by atoms with E-state index in [9.17, 15) is 0 Å². The number of benzene rings is 5. The molecule has 0 radical (unpaired) electrons. The van der Waals surface area contributed by atoms with Crippen LogP contribution in [-0.2, 0) is 0 Å². The number of hydrogen-bond acceptors (Lipinski definition) is 2. The largest absolute Gasteiger partial charge is 0.496 e. The van der Waals surface area contributed by atoms with Crippen LogP contribution in [0.3, 0.4) is 0 Å². The molecular formula is C35H30N2O. The topological polar surface area (TPSA) is 27.1 Å². The van der Waals surface area contributed by atoms with Gasteiger partial charge in [-0.05, 0) is 90.6 Å². The molecular weight excluding hydrogens is 464 g/mol. The quantitative estimate of drug-likeness (QED) is 0.239. The summed E-state index contributed by atoms with van der Waals surface area (Å²) >= 11 is 0. The van der Waals surface area contributed by atoms with E-state index in [0.717, 1.165) is 39.4 Å². The van der Waals surface area contributed by atoms with Crippen LogP contribution in [0.2, 0.25) is 0 Å². The fraction of sp³-hybridized carbons (Fsp3) is 0.114. The highest BCUT2D eigenvalue weighted by Crippen LogP contribution is 2.39. The molecule has 0 fully saturated rings. The van der Waals surface area contributed by atoms with E-state index in [4.69, 9.17) is 9.72 Å². The van der Waals surface area contributed by atoms with Crippen molar-refractivity contribution < 1.29 is 4.74 Å². The lowest BCUT2D eigenvalue weighted by molar-refractivity contribution is 0.416. The van der Waals surface area contributed by atoms with Gasteiger partial charge in [-0.3, -0.25) is 4.57 Å². The molecule has 1 heterocycles. The van der Waals surface area contributed by atoms with Gasteiger partial charge in [0.25, 0.3) is 0 Å². The maximum absolute atomic E-state index is 5.67. The van der Waals surface area contributed by atoms with Crippen LogP contribution in [0.1, 0.15) is 16.7 Å². The Bertz CT molecular complexity index is 1780. The first kappa shape index (κ1) is 23.7. The third-order valence-corrected chi connectivity index (χ3v) is 7.41. The van der Waals surface area contributed by atoms with Crippen molar-refractivity contribution in [3.63, 3.8) is 0 Å². The van der Waals surface area contributed by atoms with Gasteiger partial charge in [0.15, 0.2) is 0 Å². The molecule has 0 saturated heterocycles. The fourth-order valence-corrected chi connectivity index (χ4v) is 5.48. The molecule has 1 aromatic heterocycles. The standard InChI is InChI=1S/C35H30N2O/c1-23-22-31(35-36-32-18-9-10-19-33(32)37(35)26-13-6-5-7-14-26)24(2)21-30(23)28-17-12-16-27(25(28)3)29-15-8-11-20-34(29)38-4/h5-22H,1-4H3. The zero-order chi connectivity index (χ0) is 26.2. The molecule has 3 nitrogen and oxygen atoms in total. The Morgan fingerprint density at radius 2 is 1.18 bits per heavy atom. The van der Waals surface area contributed by atoms with Crippen LogP contribution >= 0.6 is 0 Å². The fourth-order valence-electron chi connectivity index (χ4n) is 5.48. The number of fused-ring (bicyclic) bond motifs is 1. The number of ether oxygens (including phenoxy) is 1. The van der Waals surface area contributed by atoms with Crippen molar-refractivity contribution in [3.8, 4) is 45.1 Å². The Morgan fingerprint density at radius 1 is 0.579 bits per heavy atom. The van der Waals surface area contributed by atoms with E-state index in [1.165, 1.54) is 33.4 Å². The molecule has 6 aromatic rings. The van der Waals surface area contributed by atoms with Crippen molar-refractivity contribution in [2.24, 2.45) is 0 Å². The van der Waals surface area contributed by atoms with Crippen molar-refractivity contribution in [2.45, 2.75) is 20.8 Å². The summed E-state index contributed by atoms with van der Waals surface area (Å²) in [5.41, 5.74) is 12.8. The highest BCUT2D eigenvalue weighted by molar-refractivity contribution is 5.86. The van der Waals surface area contributed by atoms with Gasteiger partial charge in [0.2, 0.25) is 0 Å². The third kappa shape index (κ3) is 3.97. The summed E-state index contributed by atoms with van der Waals surface area (Å²) in [6, 6.07) is 38.2. The molecule has 0 amide bonds. The molecule has 0 saturated carbocycles. The second-order valence-corrected chi connectivity index (χ2v) is 9.76. The summed E-state index contributed by atoms with van der Waals surface area (Å²) < 4.78 is 7.94. The second kappa shape index (κ2) is 9.68. The third-order valence-electron chi connectivity index (χ3n) is 7.41. The van der Waals surface area contributed by atoms with E-state index in [0.29, 0.717) is 0 Å². The minimum Gasteiger partial charge on any atom is -0.496 e. The first-order chi connectivity index (χ1) is 18.6. The monoisotopic (exact) mass is 494 g/mol. The Balaban J connectivity index is 1.52. The van der Waals surface area contributed by atoms with Crippen LogP contribution < -0.4 is 4.74 Å². The summed E-state index contributed by atoms with van der Waals surface area (Å²) in [5, 5.41) is 0. The average Bonchev–Trinajstić information content (AvgIpc) is 3.34. The Kier molecular flexibility index (Phi) is 6.05. The first-order valence-electron chi connectivity index (χ1n) is 12.9. The number of nitrogens with zero attached hydrogens (tertiary/aromatic N) is 2. The summed E-state index contributed by atoms with van der Waals surface area (Å²) in [6.45, 7) is 6.59. The van der Waals surface area contributed by atoms with Crippen LogP contribution in [0.15, 0.2) is 109 Å². The summed E-state index contributed by atoms with van der Waals surface area (Å²) in [4.78, 5) is 5.10. The molecule has 0 aliphatic carbocycles. The maximum atomic E-state index is 5.67. The van der Waals surface area contributed by atoms with E-state index < -0.39 is 0 Å². The van der Waals surface area contributed by atoms with Gasteiger partial charge >= 0.3 is 0 Å². The summed E-state index contributed by atoms with van der Waals surface area (Å²) in [5.74, 6) is 1.85. The number of methoxy groups -OCH3 is 1. The zero-order valence-electron chi connectivity index (χ0n) is 22.2. The molecule has 0 spiro atoms. The highest BCUT2D eigenvalue weighted by atomic mass is 16.5. The molecule has 0 aliphatic rings. The van der Waals surface area contributed by atoms with E-state index in [1.54, 1.807) is 7.11 Å². The predicted molar refractivity (Wildman–Crippen MR) is 158 cm³/mol. The van der Waals surface area contributed by atoms with Crippen LogP contribution in [-0.4, -0.2) is 16.7 Å². The Morgan fingerprint density at radius 3 is 1.97 bits per heavy atom. The average molecular weight is 495 g/mol. The number of rotatable bonds is 5. The van der Waals surface area contributed by atoms with Gasteiger partial charge in [-0.25, -0.2) is 4.98 Å². The normalized spacial score (nSPS) is 11.2. The lowest BCUT2D eigenvalue weighted by Gasteiger charge is -2.18. The van der Waals surface area contributed by atoms with Crippen LogP contribution in [0.5, 0.6) is 5.75 Å². The van der Waals surface area contributed by atoms with Crippen LogP contribution in [0, 0.1) is 20.8 Å². The molecule has 0 unspecified atom stereocenters. The van der Waals surface area contributed by atoms with Crippen molar-refractivity contribution in [1.29, 1.82) is 0 Å². The van der Waals surface area contributed by atoms with Gasteiger partial charge in [-0.2, -0.15) is 0 Å². The van der Waals surface area contributed by atoms with Crippen LogP contribution in [0.25, 0.3) is 50.4 Å². The second-order valence-electron chi connectivity index (χ2n) is 9.76. The number of aryl methyl sites for hydroxylation is 2. The van der Waals surface area contributed by atoms with Gasteiger partial charge in [0.1, 0.15) is 11.6 Å². The lowest BCUT2D eigenvalue weighted by Crippen LogP contribution is -2.00. The lowest BCUT2D eigenvalue weighted by atomic mass is 9.88. The zero-order valence-corrected chi connectivity index (χ0v) is 22.2. The van der Waals surface area contributed by atoms with Crippen molar-refractivity contribution >= 4 is 11.0 Å². The molecule has 0 aliphatic heterocycles. The molecule has 186 valence electrons. The molecule has 0 N–H and O–H groups in total. The molecule has 38 heavy (non-hydrogen) atoms. The van der Waals surface area contributed by atoms with Crippen molar-refractivity contribution in [3.05, 3.63) is 126 Å². The minimum absolute atomic E-state index is 0.885. The van der Waals surface area contributed by atoms with Gasteiger partial charge < -0.3 is 4.74 Å². The summed E-state index contributed by atoms with van der Waals surface area (Å²) in [7, 11) is 1.73. The van der Waals surface area contributed by atoms with Crippen molar-refractivity contribution in [1.82, 2.24) is 9.55 Å². The Hall–Kier alpha value is -4.63. The van der Waals surface area contributed by atoms with E-state index in [-0.39, 0.29) is 0 Å². The predicted octanol–water partition coefficient (Wildman–Crippen LogP) is 8.96. The molecule has 3 heteroatoms. The van der Waals surface area contributed by atoms with E-state index >= 15 is 0 Å². The number of imidazole rings is 1. The van der Waals surface area contributed by atoms with Crippen molar-refractivity contribution in [2.75, 3.05) is 7.11 Å². The first-order valence-corrected chi connectivity index (χ1v) is 12.9. The number of aromatic nitrogens is 2. The SMILES string of the molecule is COc1ccccc1-c1cccc(-c2cc(C)c(-c3nc4ccccc4n3-c3ccccc3)cc2C)c1C. The van der Waals surface area contributed by atoms with Gasteiger partial charge in [0.05, 0.1) is 18.1 Å². The molecule has 0 bridgehead atoms. The smallest absolute Gasteiger partial charge is 0.146 e. The Labute approximate surface area is 224 Å². The maximum Gasteiger partial charge on any atom is 0.146 e. The molecule has 6 rings (SSSR count). The highest BCUT2D eigenvalue weighted by Gasteiger charge is 2.19. The van der Waals surface area contributed by atoms with E-state index in [1.807, 2.05) is 24.3 Å². The van der Waals surface area contributed by atoms with E-state index in [2.05, 4.69) is 110 Å². The minimum atomic E-state index is 0.885. The van der Waals surface area contributed by atoms with Gasteiger partial charge in [-0.15, -0.1) is 0 Å². The van der Waals surface area contributed by atoms with Gasteiger partial charge in [-0.1, -0.05) is 72.8 Å². The number of hydrogen-bond donors (Lipinski definition) is 0.